The lowest BCUT2D eigenvalue weighted by molar-refractivity contribution is 0.661. The number of fused-ring (bicyclic) bond motifs is 15. The van der Waals surface area contributed by atoms with E-state index in [9.17, 15) is 0 Å². The van der Waals surface area contributed by atoms with Crippen molar-refractivity contribution in [3.05, 3.63) is 120 Å². The van der Waals surface area contributed by atoms with Gasteiger partial charge in [0.05, 0.1) is 0 Å². The summed E-state index contributed by atoms with van der Waals surface area (Å²) in [5.74, 6) is 0. The zero-order valence-corrected chi connectivity index (χ0v) is 22.1. The molecule has 7 aromatic carbocycles. The van der Waals surface area contributed by atoms with Gasteiger partial charge in [0.1, 0.15) is 0 Å². The molecule has 1 aliphatic rings. The molecule has 178 valence electrons. The second-order valence-corrected chi connectivity index (χ2v) is 12.4. The SMILES string of the molecule is CC1(C)c2ccccc2-c2cc3c(cc21)sc1ccc2c4ccccc4c4c5ccccc5ccc4c2c13. The normalized spacial score (nSPS) is 14.3. The lowest BCUT2D eigenvalue weighted by Gasteiger charge is -2.21. The number of thiophene rings is 1. The highest BCUT2D eigenvalue weighted by Gasteiger charge is 2.35. The summed E-state index contributed by atoms with van der Waals surface area (Å²) < 4.78 is 2.75. The highest BCUT2D eigenvalue weighted by molar-refractivity contribution is 7.26. The standard InChI is InChI=1S/C37H24S/c1-37(2)30-14-8-7-12-24(30)28-19-29-33(20-31(28)37)38-32-18-17-26-23-11-5-6-13-25(23)34-22-10-4-3-9-21(22)15-16-27(34)35(26)36(29)32/h3-20H,1-2H3. The van der Waals surface area contributed by atoms with E-state index in [1.54, 1.807) is 0 Å². The van der Waals surface area contributed by atoms with E-state index in [1.807, 2.05) is 11.3 Å². The molecular weight excluding hydrogens is 476 g/mol. The zero-order chi connectivity index (χ0) is 25.2. The van der Waals surface area contributed by atoms with Gasteiger partial charge in [-0.25, -0.2) is 0 Å². The third kappa shape index (κ3) is 2.46. The van der Waals surface area contributed by atoms with Crippen molar-refractivity contribution in [2.75, 3.05) is 0 Å². The van der Waals surface area contributed by atoms with Gasteiger partial charge >= 0.3 is 0 Å². The van der Waals surface area contributed by atoms with Crippen molar-refractivity contribution < 1.29 is 0 Å². The average molecular weight is 501 g/mol. The van der Waals surface area contributed by atoms with Crippen LogP contribution in [0.4, 0.5) is 0 Å². The van der Waals surface area contributed by atoms with Crippen LogP contribution in [0.3, 0.4) is 0 Å². The molecule has 8 aromatic rings. The van der Waals surface area contributed by atoms with Gasteiger partial charge in [-0.15, -0.1) is 11.3 Å². The van der Waals surface area contributed by atoms with Crippen molar-refractivity contribution in [1.82, 2.24) is 0 Å². The van der Waals surface area contributed by atoms with Crippen molar-refractivity contribution in [3.63, 3.8) is 0 Å². The molecule has 0 nitrogen and oxygen atoms in total. The summed E-state index contributed by atoms with van der Waals surface area (Å²) in [5.41, 5.74) is 5.67. The van der Waals surface area contributed by atoms with Crippen LogP contribution < -0.4 is 0 Å². The monoisotopic (exact) mass is 500 g/mol. The third-order valence-corrected chi connectivity index (χ3v) is 10.1. The number of hydrogen-bond donors (Lipinski definition) is 0. The fourth-order valence-corrected chi connectivity index (χ4v) is 8.41. The molecule has 1 aromatic heterocycles. The smallest absolute Gasteiger partial charge is 0.0362 e. The molecule has 0 spiro atoms. The molecule has 0 N–H and O–H groups in total. The number of rotatable bonds is 0. The molecule has 1 heterocycles. The summed E-state index contributed by atoms with van der Waals surface area (Å²) >= 11 is 1.94. The largest absolute Gasteiger partial charge is 0.135 e. The summed E-state index contributed by atoms with van der Waals surface area (Å²) in [7, 11) is 0. The van der Waals surface area contributed by atoms with Crippen molar-refractivity contribution in [1.29, 1.82) is 0 Å². The van der Waals surface area contributed by atoms with E-state index in [0.29, 0.717) is 0 Å². The maximum absolute atomic E-state index is 2.50. The number of hydrogen-bond acceptors (Lipinski definition) is 1. The van der Waals surface area contributed by atoms with Crippen LogP contribution in [0.25, 0.3) is 74.4 Å². The summed E-state index contributed by atoms with van der Waals surface area (Å²) in [5, 5.41) is 13.5. The van der Waals surface area contributed by atoms with Crippen LogP contribution >= 0.6 is 11.3 Å². The van der Waals surface area contributed by atoms with Gasteiger partial charge in [-0.2, -0.15) is 0 Å². The van der Waals surface area contributed by atoms with Gasteiger partial charge in [-0.05, 0) is 83.5 Å². The maximum atomic E-state index is 2.50. The number of benzene rings is 7. The van der Waals surface area contributed by atoms with Gasteiger partial charge in [-0.3, -0.25) is 0 Å². The van der Waals surface area contributed by atoms with Crippen molar-refractivity contribution in [2.24, 2.45) is 0 Å². The molecule has 0 aliphatic heterocycles. The molecule has 1 heteroatoms. The first-order valence-electron chi connectivity index (χ1n) is 13.4. The molecule has 0 saturated heterocycles. The van der Waals surface area contributed by atoms with Gasteiger partial charge < -0.3 is 0 Å². The van der Waals surface area contributed by atoms with Crippen LogP contribution in [0.2, 0.25) is 0 Å². The Hall–Kier alpha value is -4.20. The molecule has 0 unspecified atom stereocenters. The molecule has 9 rings (SSSR count). The van der Waals surface area contributed by atoms with E-state index in [0.717, 1.165) is 0 Å². The highest BCUT2D eigenvalue weighted by atomic mass is 32.1. The Morgan fingerprint density at radius 1 is 0.447 bits per heavy atom. The second kappa shape index (κ2) is 7.01. The Morgan fingerprint density at radius 3 is 2.05 bits per heavy atom. The van der Waals surface area contributed by atoms with Crippen LogP contribution in [0.15, 0.2) is 109 Å². The van der Waals surface area contributed by atoms with Gasteiger partial charge in [0.2, 0.25) is 0 Å². The molecule has 1 aliphatic carbocycles. The molecular formula is C37H24S. The zero-order valence-electron chi connectivity index (χ0n) is 21.3. The molecule has 0 fully saturated rings. The average Bonchev–Trinajstić information content (AvgIpc) is 3.43. The molecule has 0 atom stereocenters. The summed E-state index contributed by atoms with van der Waals surface area (Å²) in [6, 6.07) is 41.1. The molecule has 0 saturated carbocycles. The summed E-state index contributed by atoms with van der Waals surface area (Å²) in [6.07, 6.45) is 0. The van der Waals surface area contributed by atoms with Crippen LogP contribution in [-0.4, -0.2) is 0 Å². The Balaban J connectivity index is 1.54. The molecule has 0 radical (unpaired) electrons. The minimum Gasteiger partial charge on any atom is -0.135 e. The minimum atomic E-state index is 0.0141. The fraction of sp³-hybridized carbons (Fsp3) is 0.0811. The summed E-state index contributed by atoms with van der Waals surface area (Å²) in [6.45, 7) is 4.74. The first-order chi connectivity index (χ1) is 18.6. The topological polar surface area (TPSA) is 0 Å². The minimum absolute atomic E-state index is 0.0141. The Labute approximate surface area is 224 Å². The second-order valence-electron chi connectivity index (χ2n) is 11.3. The van der Waals surface area contributed by atoms with Crippen LogP contribution in [0, 0.1) is 0 Å². The van der Waals surface area contributed by atoms with E-state index in [-0.39, 0.29) is 5.41 Å². The third-order valence-electron chi connectivity index (χ3n) is 9.02. The lowest BCUT2D eigenvalue weighted by atomic mass is 9.82. The van der Waals surface area contributed by atoms with E-state index in [4.69, 9.17) is 0 Å². The van der Waals surface area contributed by atoms with Gasteiger partial charge in [-0.1, -0.05) is 105 Å². The van der Waals surface area contributed by atoms with Gasteiger partial charge in [0.15, 0.2) is 0 Å². The van der Waals surface area contributed by atoms with Crippen LogP contribution in [0.1, 0.15) is 25.0 Å². The van der Waals surface area contributed by atoms with E-state index in [1.165, 1.54) is 85.5 Å². The van der Waals surface area contributed by atoms with E-state index in [2.05, 4.69) is 123 Å². The predicted molar refractivity (Wildman–Crippen MR) is 167 cm³/mol. The quantitative estimate of drug-likeness (QED) is 0.182. The van der Waals surface area contributed by atoms with Crippen molar-refractivity contribution >= 4 is 74.6 Å². The lowest BCUT2D eigenvalue weighted by Crippen LogP contribution is -2.14. The Bertz CT molecular complexity index is 2310. The van der Waals surface area contributed by atoms with Gasteiger partial charge in [0.25, 0.3) is 0 Å². The van der Waals surface area contributed by atoms with E-state index >= 15 is 0 Å². The maximum Gasteiger partial charge on any atom is 0.0362 e. The highest BCUT2D eigenvalue weighted by Crippen LogP contribution is 2.53. The van der Waals surface area contributed by atoms with Crippen LogP contribution in [0.5, 0.6) is 0 Å². The van der Waals surface area contributed by atoms with E-state index < -0.39 is 0 Å². The first-order valence-corrected chi connectivity index (χ1v) is 14.2. The fourth-order valence-electron chi connectivity index (χ4n) is 7.27. The predicted octanol–water partition coefficient (Wildman–Crippen LogP) is 11.0. The molecule has 0 amide bonds. The molecule has 0 bridgehead atoms. The Kier molecular flexibility index (Phi) is 3.84. The first kappa shape index (κ1) is 20.8. The van der Waals surface area contributed by atoms with Crippen molar-refractivity contribution in [2.45, 2.75) is 19.3 Å². The Morgan fingerprint density at radius 2 is 1.16 bits per heavy atom. The molecule has 38 heavy (non-hydrogen) atoms. The summed E-state index contributed by atoms with van der Waals surface area (Å²) in [4.78, 5) is 0. The van der Waals surface area contributed by atoms with Crippen molar-refractivity contribution in [3.8, 4) is 11.1 Å². The van der Waals surface area contributed by atoms with Gasteiger partial charge in [0, 0.05) is 25.6 Å². The van der Waals surface area contributed by atoms with Crippen LogP contribution in [-0.2, 0) is 5.41 Å².